The Kier molecular flexibility index (Phi) is 6.91. The fraction of sp³-hybridized carbons (Fsp3) is 0.400. The number of aliphatic hydroxyl groups excluding tert-OH is 1. The molecule has 0 heterocycles. The molecule has 2 aromatic carbocycles. The second-order valence-electron chi connectivity index (χ2n) is 6.45. The van der Waals surface area contributed by atoms with Gasteiger partial charge in [-0.1, -0.05) is 36.4 Å². The van der Waals surface area contributed by atoms with Crippen LogP contribution in [0.15, 0.2) is 48.5 Å². The molecule has 24 heavy (non-hydrogen) atoms. The molecule has 4 heteroatoms. The Bertz CT molecular complexity index is 628. The van der Waals surface area contributed by atoms with E-state index in [1.165, 1.54) is 23.3 Å². The molecular formula is C20H27FN2O. The van der Waals surface area contributed by atoms with Crippen LogP contribution in [0.4, 0.5) is 4.39 Å². The topological polar surface area (TPSA) is 26.7 Å². The smallest absolute Gasteiger partial charge is 0.123 e. The zero-order valence-electron chi connectivity index (χ0n) is 14.7. The third-order valence-electron chi connectivity index (χ3n) is 4.35. The zero-order chi connectivity index (χ0) is 17.5. The minimum absolute atomic E-state index is 0.106. The highest BCUT2D eigenvalue weighted by molar-refractivity contribution is 5.26. The molecule has 1 N–H and O–H groups in total. The number of aliphatic hydroxyl groups is 1. The van der Waals surface area contributed by atoms with Gasteiger partial charge in [-0.2, -0.15) is 0 Å². The maximum atomic E-state index is 13.0. The average molecular weight is 330 g/mol. The monoisotopic (exact) mass is 330 g/mol. The van der Waals surface area contributed by atoms with Crippen LogP contribution in [0.2, 0.25) is 0 Å². The van der Waals surface area contributed by atoms with E-state index < -0.39 is 0 Å². The lowest BCUT2D eigenvalue weighted by Crippen LogP contribution is -2.26. The van der Waals surface area contributed by atoms with Crippen LogP contribution in [0.3, 0.4) is 0 Å². The van der Waals surface area contributed by atoms with Gasteiger partial charge in [0.1, 0.15) is 5.82 Å². The first-order chi connectivity index (χ1) is 11.5. The van der Waals surface area contributed by atoms with Gasteiger partial charge in [0.15, 0.2) is 0 Å². The van der Waals surface area contributed by atoms with Gasteiger partial charge < -0.3 is 10.0 Å². The molecule has 0 aliphatic carbocycles. The summed E-state index contributed by atoms with van der Waals surface area (Å²) in [5.41, 5.74) is 3.54. The Morgan fingerprint density at radius 1 is 1.00 bits per heavy atom. The first kappa shape index (κ1) is 18.6. The summed E-state index contributed by atoms with van der Waals surface area (Å²) in [6, 6.07) is 15.5. The van der Waals surface area contributed by atoms with Gasteiger partial charge in [0.05, 0.1) is 6.61 Å². The van der Waals surface area contributed by atoms with Gasteiger partial charge in [-0.3, -0.25) is 4.90 Å². The summed E-state index contributed by atoms with van der Waals surface area (Å²) >= 11 is 0. The Labute approximate surface area is 144 Å². The third kappa shape index (κ3) is 5.41. The molecule has 0 amide bonds. The second kappa shape index (κ2) is 8.92. The van der Waals surface area contributed by atoms with Crippen LogP contribution in [0, 0.1) is 5.82 Å². The van der Waals surface area contributed by atoms with E-state index in [1.54, 1.807) is 12.1 Å². The van der Waals surface area contributed by atoms with E-state index in [-0.39, 0.29) is 12.4 Å². The van der Waals surface area contributed by atoms with Crippen molar-refractivity contribution in [2.75, 3.05) is 27.2 Å². The van der Waals surface area contributed by atoms with Crippen molar-refractivity contribution in [1.82, 2.24) is 9.80 Å². The van der Waals surface area contributed by atoms with E-state index in [1.807, 2.05) is 0 Å². The summed E-state index contributed by atoms with van der Waals surface area (Å²) in [6.45, 7) is 4.32. The van der Waals surface area contributed by atoms with E-state index >= 15 is 0 Å². The summed E-state index contributed by atoms with van der Waals surface area (Å²) in [6.07, 6.45) is 0. The predicted octanol–water partition coefficient (Wildman–Crippen LogP) is 3.44. The second-order valence-corrected chi connectivity index (χ2v) is 6.45. The van der Waals surface area contributed by atoms with Crippen LogP contribution < -0.4 is 0 Å². The molecular weight excluding hydrogens is 303 g/mol. The minimum Gasteiger partial charge on any atom is -0.395 e. The maximum absolute atomic E-state index is 13.0. The molecule has 0 spiro atoms. The van der Waals surface area contributed by atoms with Crippen molar-refractivity contribution in [1.29, 1.82) is 0 Å². The molecule has 1 atom stereocenters. The van der Waals surface area contributed by atoms with Gasteiger partial charge in [0.2, 0.25) is 0 Å². The van der Waals surface area contributed by atoms with Crippen LogP contribution in [0.5, 0.6) is 0 Å². The summed E-state index contributed by atoms with van der Waals surface area (Å²) in [4.78, 5) is 4.36. The third-order valence-corrected chi connectivity index (χ3v) is 4.35. The van der Waals surface area contributed by atoms with E-state index in [0.717, 1.165) is 12.1 Å². The van der Waals surface area contributed by atoms with Gasteiger partial charge in [-0.15, -0.1) is 0 Å². The van der Waals surface area contributed by atoms with Gasteiger partial charge >= 0.3 is 0 Å². The largest absolute Gasteiger partial charge is 0.395 e. The molecule has 0 aliphatic rings. The highest BCUT2D eigenvalue weighted by atomic mass is 19.1. The lowest BCUT2D eigenvalue weighted by Gasteiger charge is -2.24. The van der Waals surface area contributed by atoms with Crippen LogP contribution in [-0.2, 0) is 13.1 Å². The Morgan fingerprint density at radius 2 is 1.67 bits per heavy atom. The molecule has 2 aromatic rings. The zero-order valence-corrected chi connectivity index (χ0v) is 14.7. The molecule has 0 saturated carbocycles. The quantitative estimate of drug-likeness (QED) is 0.803. The number of halogens is 1. The van der Waals surface area contributed by atoms with Gasteiger partial charge in [-0.25, -0.2) is 4.39 Å². The SMILES string of the molecule is C[C@H](c1cccc(CN(CCO)Cc2ccc(F)cc2)c1)N(C)C. The Hall–Kier alpha value is -1.75. The fourth-order valence-electron chi connectivity index (χ4n) is 2.71. The summed E-state index contributed by atoms with van der Waals surface area (Å²) in [5.74, 6) is -0.224. The Morgan fingerprint density at radius 3 is 2.29 bits per heavy atom. The molecule has 0 unspecified atom stereocenters. The van der Waals surface area contributed by atoms with Gasteiger partial charge in [0, 0.05) is 25.7 Å². The van der Waals surface area contributed by atoms with E-state index in [9.17, 15) is 9.50 Å². The molecule has 2 rings (SSSR count). The van der Waals surface area contributed by atoms with Crippen LogP contribution in [-0.4, -0.2) is 42.2 Å². The molecule has 0 radical (unpaired) electrons. The van der Waals surface area contributed by atoms with Crippen molar-refractivity contribution >= 4 is 0 Å². The molecule has 130 valence electrons. The first-order valence-corrected chi connectivity index (χ1v) is 8.32. The summed E-state index contributed by atoms with van der Waals surface area (Å²) in [7, 11) is 4.15. The predicted molar refractivity (Wildman–Crippen MR) is 96.1 cm³/mol. The van der Waals surface area contributed by atoms with Gasteiger partial charge in [0.25, 0.3) is 0 Å². The molecule has 0 aliphatic heterocycles. The number of nitrogens with zero attached hydrogens (tertiary/aromatic N) is 2. The standard InChI is InChI=1S/C20H27FN2O/c1-16(22(2)3)19-6-4-5-18(13-19)15-23(11-12-24)14-17-7-9-20(21)10-8-17/h4-10,13,16,24H,11-12,14-15H2,1-3H3/t16-/m1/s1. The molecule has 0 fully saturated rings. The summed E-state index contributed by atoms with van der Waals surface area (Å²) in [5, 5.41) is 9.34. The van der Waals surface area contributed by atoms with Crippen LogP contribution in [0.25, 0.3) is 0 Å². The van der Waals surface area contributed by atoms with Gasteiger partial charge in [-0.05, 0) is 49.8 Å². The molecule has 3 nitrogen and oxygen atoms in total. The number of hydrogen-bond donors (Lipinski definition) is 1. The lowest BCUT2D eigenvalue weighted by atomic mass is 10.0. The normalized spacial score (nSPS) is 12.8. The average Bonchev–Trinajstić information content (AvgIpc) is 2.56. The van der Waals surface area contributed by atoms with Crippen molar-refractivity contribution in [3.63, 3.8) is 0 Å². The van der Waals surface area contributed by atoms with Crippen molar-refractivity contribution in [2.45, 2.75) is 26.1 Å². The molecule has 0 saturated heterocycles. The Balaban J connectivity index is 2.09. The fourth-order valence-corrected chi connectivity index (χ4v) is 2.71. The number of hydrogen-bond acceptors (Lipinski definition) is 3. The number of rotatable bonds is 8. The minimum atomic E-state index is -0.224. The number of benzene rings is 2. The van der Waals surface area contributed by atoms with Crippen molar-refractivity contribution in [3.8, 4) is 0 Å². The highest BCUT2D eigenvalue weighted by Gasteiger charge is 2.11. The van der Waals surface area contributed by atoms with Crippen molar-refractivity contribution < 1.29 is 9.50 Å². The first-order valence-electron chi connectivity index (χ1n) is 8.32. The van der Waals surface area contributed by atoms with Crippen molar-refractivity contribution in [2.24, 2.45) is 0 Å². The lowest BCUT2D eigenvalue weighted by molar-refractivity contribution is 0.184. The summed E-state index contributed by atoms with van der Waals surface area (Å²) < 4.78 is 13.0. The maximum Gasteiger partial charge on any atom is 0.123 e. The van der Waals surface area contributed by atoms with Crippen molar-refractivity contribution in [3.05, 3.63) is 71.0 Å². The van der Waals surface area contributed by atoms with Crippen LogP contribution in [0.1, 0.15) is 29.7 Å². The van der Waals surface area contributed by atoms with E-state index in [0.29, 0.717) is 19.1 Å². The highest BCUT2D eigenvalue weighted by Crippen LogP contribution is 2.19. The molecule has 0 bridgehead atoms. The van der Waals surface area contributed by atoms with Crippen LogP contribution >= 0.6 is 0 Å². The molecule has 0 aromatic heterocycles. The van der Waals surface area contributed by atoms with E-state index in [4.69, 9.17) is 0 Å². The van der Waals surface area contributed by atoms with E-state index in [2.05, 4.69) is 55.1 Å².